The number of ether oxygens (including phenoxy) is 1. The molecule has 2 N–H and O–H groups in total. The van der Waals surface area contributed by atoms with E-state index in [4.69, 9.17) is 4.74 Å². The van der Waals surface area contributed by atoms with E-state index in [9.17, 15) is 13.2 Å². The van der Waals surface area contributed by atoms with Crippen molar-refractivity contribution in [3.8, 4) is 5.75 Å². The molecule has 0 radical (unpaired) electrons. The van der Waals surface area contributed by atoms with Crippen LogP contribution in [-0.2, 0) is 21.4 Å². The number of sulfonamides is 1. The molecule has 2 rings (SSSR count). The Morgan fingerprint density at radius 3 is 2.42 bits per heavy atom. The van der Waals surface area contributed by atoms with Crippen molar-refractivity contribution < 1.29 is 17.9 Å². The van der Waals surface area contributed by atoms with E-state index in [2.05, 4.69) is 15.0 Å². The lowest BCUT2D eigenvalue weighted by molar-refractivity contribution is -0.122. The Bertz CT molecular complexity index is 821. The van der Waals surface area contributed by atoms with Gasteiger partial charge in [0.2, 0.25) is 15.9 Å². The van der Waals surface area contributed by atoms with Crippen molar-refractivity contribution in [2.45, 2.75) is 44.4 Å². The molecule has 1 atom stereocenters. The predicted octanol–water partition coefficient (Wildman–Crippen LogP) is 1.85. The summed E-state index contributed by atoms with van der Waals surface area (Å²) in [7, 11) is -3.81. The van der Waals surface area contributed by atoms with Crippen molar-refractivity contribution in [2.75, 3.05) is 0 Å². The van der Waals surface area contributed by atoms with Crippen LogP contribution in [0.4, 0.5) is 0 Å². The number of rotatable bonds is 8. The maximum atomic E-state index is 12.4. The minimum Gasteiger partial charge on any atom is -0.491 e. The number of nitrogens with zero attached hydrogens (tertiary/aromatic N) is 1. The molecule has 2 aromatic rings. The van der Waals surface area contributed by atoms with Gasteiger partial charge in [-0.1, -0.05) is 6.07 Å². The number of amides is 1. The zero-order chi connectivity index (χ0) is 19.2. The van der Waals surface area contributed by atoms with Crippen LogP contribution in [0.25, 0.3) is 0 Å². The number of carbonyl (C=O) groups is 1. The average Bonchev–Trinajstić information content (AvgIpc) is 2.60. The van der Waals surface area contributed by atoms with Crippen LogP contribution in [0.3, 0.4) is 0 Å². The highest BCUT2D eigenvalue weighted by Gasteiger charge is 2.22. The minimum atomic E-state index is -3.81. The molecule has 140 valence electrons. The number of pyridine rings is 1. The second-order valence-corrected chi connectivity index (χ2v) is 7.77. The van der Waals surface area contributed by atoms with Gasteiger partial charge in [-0.15, -0.1) is 0 Å². The first kappa shape index (κ1) is 19.9. The molecule has 0 saturated heterocycles. The van der Waals surface area contributed by atoms with E-state index in [0.717, 1.165) is 5.56 Å². The third-order valence-electron chi connectivity index (χ3n) is 3.42. The fourth-order valence-electron chi connectivity index (χ4n) is 2.17. The quantitative estimate of drug-likeness (QED) is 0.732. The molecule has 26 heavy (non-hydrogen) atoms. The van der Waals surface area contributed by atoms with Crippen LogP contribution in [0.2, 0.25) is 0 Å². The zero-order valence-corrected chi connectivity index (χ0v) is 15.8. The van der Waals surface area contributed by atoms with E-state index >= 15 is 0 Å². The SMILES string of the molecule is CC(C)Oc1ccc(S(=O)(=O)N[C@@H](C)C(=O)NCc2cccnc2)cc1. The van der Waals surface area contributed by atoms with Crippen LogP contribution < -0.4 is 14.8 Å². The molecule has 0 spiro atoms. The molecule has 0 saturated carbocycles. The summed E-state index contributed by atoms with van der Waals surface area (Å²) in [5, 5.41) is 2.68. The largest absolute Gasteiger partial charge is 0.491 e. The fourth-order valence-corrected chi connectivity index (χ4v) is 3.37. The first-order valence-corrected chi connectivity index (χ1v) is 9.72. The summed E-state index contributed by atoms with van der Waals surface area (Å²) in [4.78, 5) is 16.2. The van der Waals surface area contributed by atoms with E-state index in [1.807, 2.05) is 19.9 Å². The van der Waals surface area contributed by atoms with Crippen LogP contribution in [-0.4, -0.2) is 31.5 Å². The van der Waals surface area contributed by atoms with Gasteiger partial charge < -0.3 is 10.1 Å². The molecule has 0 bridgehead atoms. The number of nitrogens with one attached hydrogen (secondary N) is 2. The third-order valence-corrected chi connectivity index (χ3v) is 4.98. The molecule has 0 unspecified atom stereocenters. The first-order valence-electron chi connectivity index (χ1n) is 8.23. The Kier molecular flexibility index (Phi) is 6.70. The lowest BCUT2D eigenvalue weighted by atomic mass is 10.2. The van der Waals surface area contributed by atoms with Gasteiger partial charge in [0.1, 0.15) is 5.75 Å². The van der Waals surface area contributed by atoms with E-state index < -0.39 is 22.0 Å². The topological polar surface area (TPSA) is 97.4 Å². The van der Waals surface area contributed by atoms with Gasteiger partial charge in [0, 0.05) is 18.9 Å². The molecule has 0 aliphatic heterocycles. The van der Waals surface area contributed by atoms with Crippen LogP contribution in [0, 0.1) is 0 Å². The average molecular weight is 377 g/mol. The summed E-state index contributed by atoms with van der Waals surface area (Å²) in [5.74, 6) is 0.165. The van der Waals surface area contributed by atoms with Crippen molar-refractivity contribution in [1.82, 2.24) is 15.0 Å². The highest BCUT2D eigenvalue weighted by atomic mass is 32.2. The summed E-state index contributed by atoms with van der Waals surface area (Å²) in [5.41, 5.74) is 0.830. The Balaban J connectivity index is 1.95. The molecule has 1 amide bonds. The number of hydrogen-bond donors (Lipinski definition) is 2. The van der Waals surface area contributed by atoms with Gasteiger partial charge in [-0.2, -0.15) is 4.72 Å². The second kappa shape index (κ2) is 8.77. The van der Waals surface area contributed by atoms with Crippen LogP contribution in [0.15, 0.2) is 53.7 Å². The van der Waals surface area contributed by atoms with Crippen LogP contribution in [0.1, 0.15) is 26.3 Å². The summed E-state index contributed by atoms with van der Waals surface area (Å²) >= 11 is 0. The van der Waals surface area contributed by atoms with Crippen LogP contribution in [0.5, 0.6) is 5.75 Å². The van der Waals surface area contributed by atoms with Gasteiger partial charge in [-0.05, 0) is 56.7 Å². The molecule has 7 nitrogen and oxygen atoms in total. The first-order chi connectivity index (χ1) is 12.3. The van der Waals surface area contributed by atoms with Crippen molar-refractivity contribution in [2.24, 2.45) is 0 Å². The number of benzene rings is 1. The smallest absolute Gasteiger partial charge is 0.241 e. The Labute approximate surface area is 153 Å². The zero-order valence-electron chi connectivity index (χ0n) is 15.0. The lowest BCUT2D eigenvalue weighted by Gasteiger charge is -2.15. The molecule has 0 aliphatic rings. The molecule has 0 fully saturated rings. The number of carbonyl (C=O) groups excluding carboxylic acids is 1. The van der Waals surface area contributed by atoms with E-state index in [-0.39, 0.29) is 17.5 Å². The molecule has 0 aliphatic carbocycles. The van der Waals surface area contributed by atoms with E-state index in [1.54, 1.807) is 30.6 Å². The Morgan fingerprint density at radius 2 is 1.85 bits per heavy atom. The van der Waals surface area contributed by atoms with E-state index in [1.165, 1.54) is 19.1 Å². The van der Waals surface area contributed by atoms with Gasteiger partial charge in [0.25, 0.3) is 0 Å². The fraction of sp³-hybridized carbons (Fsp3) is 0.333. The van der Waals surface area contributed by atoms with Crippen molar-refractivity contribution in [3.05, 3.63) is 54.4 Å². The maximum Gasteiger partial charge on any atom is 0.241 e. The predicted molar refractivity (Wildman–Crippen MR) is 98.1 cm³/mol. The number of aromatic nitrogens is 1. The summed E-state index contributed by atoms with van der Waals surface area (Å²) in [6.45, 7) is 5.54. The summed E-state index contributed by atoms with van der Waals surface area (Å²) in [6, 6.07) is 8.73. The summed E-state index contributed by atoms with van der Waals surface area (Å²) in [6.07, 6.45) is 3.27. The minimum absolute atomic E-state index is 0.000820. The molecular weight excluding hydrogens is 354 g/mol. The maximum absolute atomic E-state index is 12.4. The highest BCUT2D eigenvalue weighted by molar-refractivity contribution is 7.89. The molecule has 1 aromatic carbocycles. The van der Waals surface area contributed by atoms with E-state index in [0.29, 0.717) is 5.75 Å². The van der Waals surface area contributed by atoms with Crippen molar-refractivity contribution >= 4 is 15.9 Å². The van der Waals surface area contributed by atoms with Gasteiger partial charge in [-0.25, -0.2) is 8.42 Å². The Hall–Kier alpha value is -2.45. The van der Waals surface area contributed by atoms with Gasteiger partial charge in [0.15, 0.2) is 0 Å². The monoisotopic (exact) mass is 377 g/mol. The highest BCUT2D eigenvalue weighted by Crippen LogP contribution is 2.17. The van der Waals surface area contributed by atoms with Crippen LogP contribution >= 0.6 is 0 Å². The van der Waals surface area contributed by atoms with Gasteiger partial charge in [0.05, 0.1) is 17.0 Å². The molecule has 1 heterocycles. The Morgan fingerprint density at radius 1 is 1.15 bits per heavy atom. The van der Waals surface area contributed by atoms with Gasteiger partial charge >= 0.3 is 0 Å². The lowest BCUT2D eigenvalue weighted by Crippen LogP contribution is -2.44. The summed E-state index contributed by atoms with van der Waals surface area (Å²) < 4.78 is 32.7. The molecule has 1 aromatic heterocycles. The molecular formula is C18H23N3O4S. The molecule has 8 heteroatoms. The van der Waals surface area contributed by atoms with Crippen molar-refractivity contribution in [1.29, 1.82) is 0 Å². The number of hydrogen-bond acceptors (Lipinski definition) is 5. The standard InChI is InChI=1S/C18H23N3O4S/c1-13(2)25-16-6-8-17(9-7-16)26(23,24)21-14(3)18(22)20-12-15-5-4-10-19-11-15/h4-11,13-14,21H,12H2,1-3H3,(H,20,22)/t14-/m0/s1. The third kappa shape index (κ3) is 5.82. The normalized spacial score (nSPS) is 12.6. The van der Waals surface area contributed by atoms with Gasteiger partial charge in [-0.3, -0.25) is 9.78 Å². The second-order valence-electron chi connectivity index (χ2n) is 6.06. The van der Waals surface area contributed by atoms with Crippen molar-refractivity contribution in [3.63, 3.8) is 0 Å².